The number of halogens is 1. The number of benzene rings is 1. The number of amides is 1. The molecule has 0 atom stereocenters. The Kier molecular flexibility index (Phi) is 5.12. The second kappa shape index (κ2) is 7.56. The van der Waals surface area contributed by atoms with Gasteiger partial charge in [-0.15, -0.1) is 0 Å². The van der Waals surface area contributed by atoms with Crippen molar-refractivity contribution in [2.75, 3.05) is 43.2 Å². The molecule has 0 N–H and O–H groups in total. The third kappa shape index (κ3) is 3.40. The first-order valence-corrected chi connectivity index (χ1v) is 9.87. The molecule has 7 nitrogen and oxygen atoms in total. The van der Waals surface area contributed by atoms with Gasteiger partial charge in [0.25, 0.3) is 5.91 Å². The van der Waals surface area contributed by atoms with Gasteiger partial charge in [0.05, 0.1) is 19.8 Å². The molecule has 8 heteroatoms. The van der Waals surface area contributed by atoms with Crippen molar-refractivity contribution in [3.63, 3.8) is 0 Å². The summed E-state index contributed by atoms with van der Waals surface area (Å²) in [5.41, 5.74) is 2.32. The molecule has 0 bridgehead atoms. The van der Waals surface area contributed by atoms with Crippen molar-refractivity contribution in [3.8, 4) is 0 Å². The zero-order valence-electron chi connectivity index (χ0n) is 16.4. The molecule has 4 rings (SSSR count). The van der Waals surface area contributed by atoms with Gasteiger partial charge in [-0.1, -0.05) is 11.6 Å². The zero-order chi connectivity index (χ0) is 19.8. The highest BCUT2D eigenvalue weighted by Gasteiger charge is 2.36. The van der Waals surface area contributed by atoms with E-state index < -0.39 is 0 Å². The van der Waals surface area contributed by atoms with Crippen LogP contribution in [0.1, 0.15) is 29.9 Å². The maximum absolute atomic E-state index is 13.0. The average molecular weight is 402 g/mol. The lowest BCUT2D eigenvalue weighted by molar-refractivity contribution is 0.0726. The van der Waals surface area contributed by atoms with Gasteiger partial charge in [-0.25, -0.2) is 4.98 Å². The summed E-state index contributed by atoms with van der Waals surface area (Å²) in [7, 11) is 1.96. The molecule has 3 heterocycles. The summed E-state index contributed by atoms with van der Waals surface area (Å²) in [5, 5.41) is 0.681. The largest absolute Gasteiger partial charge is 0.378 e. The van der Waals surface area contributed by atoms with E-state index in [4.69, 9.17) is 21.3 Å². The molecule has 148 valence electrons. The highest BCUT2D eigenvalue weighted by molar-refractivity contribution is 6.30. The Hall–Kier alpha value is -2.38. The number of fused-ring (bicyclic) bond motifs is 1. The first kappa shape index (κ1) is 19.0. The van der Waals surface area contributed by atoms with Crippen LogP contribution in [0.3, 0.4) is 0 Å². The summed E-state index contributed by atoms with van der Waals surface area (Å²) in [6.45, 7) is 7.24. The van der Waals surface area contributed by atoms with Crippen molar-refractivity contribution >= 4 is 35.0 Å². The van der Waals surface area contributed by atoms with Gasteiger partial charge in [0.15, 0.2) is 0 Å². The van der Waals surface area contributed by atoms with Crippen molar-refractivity contribution < 1.29 is 9.53 Å². The van der Waals surface area contributed by atoms with Gasteiger partial charge in [0, 0.05) is 42.5 Å². The van der Waals surface area contributed by atoms with Crippen LogP contribution in [-0.4, -0.2) is 60.2 Å². The normalized spacial score (nSPS) is 16.7. The second-order valence-electron chi connectivity index (χ2n) is 7.34. The van der Waals surface area contributed by atoms with Crippen molar-refractivity contribution in [3.05, 3.63) is 40.5 Å². The Morgan fingerprint density at radius 1 is 1.14 bits per heavy atom. The fourth-order valence-corrected chi connectivity index (χ4v) is 3.67. The number of carbonyl (C=O) groups excluding carboxylic acids is 1. The van der Waals surface area contributed by atoms with E-state index in [-0.39, 0.29) is 11.9 Å². The molecule has 0 radical (unpaired) electrons. The number of ether oxygens (including phenoxy) is 1. The van der Waals surface area contributed by atoms with Gasteiger partial charge in [0.2, 0.25) is 5.95 Å². The first-order valence-electron chi connectivity index (χ1n) is 9.49. The van der Waals surface area contributed by atoms with Crippen molar-refractivity contribution in [1.29, 1.82) is 0 Å². The van der Waals surface area contributed by atoms with E-state index in [9.17, 15) is 4.79 Å². The highest BCUT2D eigenvalue weighted by atomic mass is 35.5. The number of hydrogen-bond donors (Lipinski definition) is 0. The van der Waals surface area contributed by atoms with Gasteiger partial charge in [-0.2, -0.15) is 4.98 Å². The lowest BCUT2D eigenvalue weighted by Crippen LogP contribution is -2.38. The minimum Gasteiger partial charge on any atom is -0.378 e. The fourth-order valence-electron chi connectivity index (χ4n) is 3.55. The number of hydrogen-bond acceptors (Lipinski definition) is 6. The van der Waals surface area contributed by atoms with Crippen molar-refractivity contribution in [2.45, 2.75) is 26.4 Å². The Bertz CT molecular complexity index is 881. The van der Waals surface area contributed by atoms with E-state index in [2.05, 4.69) is 9.88 Å². The lowest BCUT2D eigenvalue weighted by atomic mass is 10.2. The maximum atomic E-state index is 13.0. The Morgan fingerprint density at radius 3 is 2.46 bits per heavy atom. The molecule has 1 amide bonds. The summed E-state index contributed by atoms with van der Waals surface area (Å²) in [4.78, 5) is 28.4. The fraction of sp³-hybridized carbons (Fsp3) is 0.450. The zero-order valence-corrected chi connectivity index (χ0v) is 17.1. The molecule has 28 heavy (non-hydrogen) atoms. The molecule has 1 aromatic carbocycles. The van der Waals surface area contributed by atoms with E-state index in [1.165, 1.54) is 0 Å². The van der Waals surface area contributed by atoms with Crippen LogP contribution in [0.15, 0.2) is 24.3 Å². The van der Waals surface area contributed by atoms with E-state index in [1.54, 1.807) is 0 Å². The average Bonchev–Trinajstić information content (AvgIpc) is 3.05. The summed E-state index contributed by atoms with van der Waals surface area (Å²) in [6.07, 6.45) is 0. The second-order valence-corrected chi connectivity index (χ2v) is 7.77. The molecular weight excluding hydrogens is 378 g/mol. The molecule has 0 aliphatic carbocycles. The molecule has 0 saturated carbocycles. The lowest BCUT2D eigenvalue weighted by Gasteiger charge is -2.28. The third-order valence-electron chi connectivity index (χ3n) is 5.21. The van der Waals surface area contributed by atoms with Crippen LogP contribution >= 0.6 is 11.6 Å². The van der Waals surface area contributed by atoms with E-state index in [0.29, 0.717) is 49.5 Å². The monoisotopic (exact) mass is 401 g/mol. The van der Waals surface area contributed by atoms with Crippen LogP contribution in [0.25, 0.3) is 0 Å². The minimum atomic E-state index is -0.0346. The van der Waals surface area contributed by atoms with E-state index in [0.717, 1.165) is 17.1 Å². The van der Waals surface area contributed by atoms with Gasteiger partial charge in [0.1, 0.15) is 11.5 Å². The molecule has 0 spiro atoms. The molecule has 2 aliphatic rings. The molecule has 0 unspecified atom stereocenters. The first-order chi connectivity index (χ1) is 13.5. The third-order valence-corrected chi connectivity index (χ3v) is 5.47. The number of rotatable bonds is 4. The molecule has 2 aliphatic heterocycles. The van der Waals surface area contributed by atoms with Crippen molar-refractivity contribution in [1.82, 2.24) is 14.9 Å². The predicted octanol–water partition coefficient (Wildman–Crippen LogP) is 3.10. The smallest absolute Gasteiger partial charge is 0.273 e. The van der Waals surface area contributed by atoms with Gasteiger partial charge in [-0.05, 0) is 38.1 Å². The Morgan fingerprint density at radius 2 is 1.82 bits per heavy atom. The quantitative estimate of drug-likeness (QED) is 0.784. The van der Waals surface area contributed by atoms with Gasteiger partial charge >= 0.3 is 0 Å². The van der Waals surface area contributed by atoms with Crippen LogP contribution in [0.2, 0.25) is 5.02 Å². The van der Waals surface area contributed by atoms with Crippen LogP contribution in [0, 0.1) is 0 Å². The summed E-state index contributed by atoms with van der Waals surface area (Å²) < 4.78 is 5.45. The highest BCUT2D eigenvalue weighted by Crippen LogP contribution is 2.35. The topological polar surface area (TPSA) is 61.8 Å². The molecular formula is C20H24ClN5O2. The molecule has 1 saturated heterocycles. The van der Waals surface area contributed by atoms with Crippen LogP contribution in [-0.2, 0) is 11.3 Å². The van der Waals surface area contributed by atoms with Gasteiger partial charge < -0.3 is 19.4 Å². The van der Waals surface area contributed by atoms with E-state index in [1.807, 2.05) is 55.0 Å². The van der Waals surface area contributed by atoms with Crippen molar-refractivity contribution in [2.24, 2.45) is 0 Å². The molecule has 1 fully saturated rings. The van der Waals surface area contributed by atoms with E-state index >= 15 is 0 Å². The number of anilines is 3. The summed E-state index contributed by atoms with van der Waals surface area (Å²) in [5.74, 6) is 1.30. The standard InChI is InChI=1S/C20H24ClN5O2/c1-13(2)26-12-16-17(19(26)27)22-20(25-8-10-28-11-9-25)23-18(16)24(3)15-6-4-14(21)5-7-15/h4-7,13H,8-12H2,1-3H3. The van der Waals surface area contributed by atoms with Crippen LogP contribution < -0.4 is 9.80 Å². The van der Waals surface area contributed by atoms with Gasteiger partial charge in [-0.3, -0.25) is 4.79 Å². The minimum absolute atomic E-state index is 0.0346. The van der Waals surface area contributed by atoms with Crippen LogP contribution in [0.4, 0.5) is 17.5 Å². The molecule has 2 aromatic rings. The summed E-state index contributed by atoms with van der Waals surface area (Å²) >= 11 is 6.04. The van der Waals surface area contributed by atoms with Crippen LogP contribution in [0.5, 0.6) is 0 Å². The predicted molar refractivity (Wildman–Crippen MR) is 110 cm³/mol. The Labute approximate surface area is 169 Å². The Balaban J connectivity index is 1.80. The number of aromatic nitrogens is 2. The summed E-state index contributed by atoms with van der Waals surface area (Å²) in [6, 6.07) is 7.69. The number of carbonyl (C=O) groups is 1. The number of nitrogens with zero attached hydrogens (tertiary/aromatic N) is 5. The maximum Gasteiger partial charge on any atom is 0.273 e. The molecule has 1 aromatic heterocycles. The SMILES string of the molecule is CC(C)N1Cc2c(nc(N3CCOCC3)nc2N(C)c2ccc(Cl)cc2)C1=O. The number of morpholine rings is 1.